The van der Waals surface area contributed by atoms with Gasteiger partial charge in [-0.2, -0.15) is 5.26 Å². The zero-order chi connectivity index (χ0) is 13.5. The fourth-order valence-electron chi connectivity index (χ4n) is 1.21. The van der Waals surface area contributed by atoms with Crippen LogP contribution in [0.25, 0.3) is 0 Å². The van der Waals surface area contributed by atoms with Crippen LogP contribution in [-0.4, -0.2) is 31.0 Å². The molecule has 1 amide bonds. The van der Waals surface area contributed by atoms with Crippen LogP contribution in [0.5, 0.6) is 5.75 Å². The highest BCUT2D eigenvalue weighted by molar-refractivity contribution is 5.77. The van der Waals surface area contributed by atoms with Crippen LogP contribution in [0.1, 0.15) is 6.42 Å². The number of halogens is 2. The standard InChI is InChI=1S/C12H12F2N2O2/c1-16(4-2-3-15)12(17)8-18-11-6-9(13)5-10(14)7-11/h5-7H,2,4,8H2,1H3. The Kier molecular flexibility index (Phi) is 5.06. The first-order valence-electron chi connectivity index (χ1n) is 5.22. The molecule has 0 aromatic heterocycles. The average molecular weight is 254 g/mol. The number of nitriles is 1. The Morgan fingerprint density at radius 1 is 1.39 bits per heavy atom. The Hall–Kier alpha value is -2.16. The lowest BCUT2D eigenvalue weighted by Gasteiger charge is -2.15. The minimum Gasteiger partial charge on any atom is -0.484 e. The molecule has 1 aromatic carbocycles. The SMILES string of the molecule is CN(CCC#N)C(=O)COc1cc(F)cc(F)c1. The monoisotopic (exact) mass is 254 g/mol. The normalized spacial score (nSPS) is 9.67. The second-order valence-electron chi connectivity index (χ2n) is 3.62. The Morgan fingerprint density at radius 3 is 2.56 bits per heavy atom. The number of likely N-dealkylation sites (N-methyl/N-ethyl adjacent to an activating group) is 1. The summed E-state index contributed by atoms with van der Waals surface area (Å²) in [5.41, 5.74) is 0. The summed E-state index contributed by atoms with van der Waals surface area (Å²) in [6, 6.07) is 4.61. The summed E-state index contributed by atoms with van der Waals surface area (Å²) < 4.78 is 30.6. The van der Waals surface area contributed by atoms with Crippen LogP contribution in [-0.2, 0) is 4.79 Å². The van der Waals surface area contributed by atoms with Crippen molar-refractivity contribution in [2.75, 3.05) is 20.2 Å². The quantitative estimate of drug-likeness (QED) is 0.803. The van der Waals surface area contributed by atoms with E-state index in [9.17, 15) is 13.6 Å². The minimum atomic E-state index is -0.768. The van der Waals surface area contributed by atoms with Crippen molar-refractivity contribution in [3.8, 4) is 11.8 Å². The van der Waals surface area contributed by atoms with Gasteiger partial charge < -0.3 is 9.64 Å². The van der Waals surface area contributed by atoms with Gasteiger partial charge in [0.25, 0.3) is 5.91 Å². The molecule has 1 aromatic rings. The van der Waals surface area contributed by atoms with E-state index in [2.05, 4.69) is 0 Å². The summed E-state index contributed by atoms with van der Waals surface area (Å²) in [5, 5.41) is 8.36. The third-order valence-corrected chi connectivity index (χ3v) is 2.18. The summed E-state index contributed by atoms with van der Waals surface area (Å²) in [4.78, 5) is 12.8. The van der Waals surface area contributed by atoms with Gasteiger partial charge in [0.1, 0.15) is 17.4 Å². The van der Waals surface area contributed by atoms with Crippen LogP contribution in [0.4, 0.5) is 8.78 Å². The lowest BCUT2D eigenvalue weighted by atomic mass is 10.3. The molecule has 0 heterocycles. The van der Waals surface area contributed by atoms with Gasteiger partial charge in [0, 0.05) is 31.8 Å². The number of amides is 1. The van der Waals surface area contributed by atoms with Crippen LogP contribution < -0.4 is 4.74 Å². The van der Waals surface area contributed by atoms with Gasteiger partial charge in [-0.05, 0) is 0 Å². The van der Waals surface area contributed by atoms with Gasteiger partial charge >= 0.3 is 0 Å². The van der Waals surface area contributed by atoms with E-state index in [1.807, 2.05) is 6.07 Å². The Bertz CT molecular complexity index is 451. The third kappa shape index (κ3) is 4.37. The van der Waals surface area contributed by atoms with E-state index < -0.39 is 11.6 Å². The maximum absolute atomic E-state index is 12.8. The Labute approximate surface area is 103 Å². The highest BCUT2D eigenvalue weighted by Crippen LogP contribution is 2.15. The Balaban J connectivity index is 2.49. The van der Waals surface area contributed by atoms with E-state index in [1.165, 1.54) is 11.9 Å². The molecule has 96 valence electrons. The highest BCUT2D eigenvalue weighted by atomic mass is 19.1. The number of hydrogen-bond donors (Lipinski definition) is 0. The van der Waals surface area contributed by atoms with E-state index >= 15 is 0 Å². The molecule has 0 aliphatic rings. The molecule has 0 radical (unpaired) electrons. The summed E-state index contributed by atoms with van der Waals surface area (Å²) in [5.74, 6) is -1.95. The molecule has 18 heavy (non-hydrogen) atoms. The predicted molar refractivity (Wildman–Crippen MR) is 59.7 cm³/mol. The lowest BCUT2D eigenvalue weighted by molar-refractivity contribution is -0.132. The number of rotatable bonds is 5. The molecule has 0 spiro atoms. The molecule has 0 aliphatic heterocycles. The third-order valence-electron chi connectivity index (χ3n) is 2.18. The number of benzene rings is 1. The predicted octanol–water partition coefficient (Wildman–Crippen LogP) is 1.72. The van der Waals surface area contributed by atoms with Crippen LogP contribution in [0.15, 0.2) is 18.2 Å². The summed E-state index contributed by atoms with van der Waals surface area (Å²) >= 11 is 0. The highest BCUT2D eigenvalue weighted by Gasteiger charge is 2.10. The van der Waals surface area contributed by atoms with Gasteiger partial charge in [-0.25, -0.2) is 8.78 Å². The zero-order valence-electron chi connectivity index (χ0n) is 9.82. The molecule has 4 nitrogen and oxygen atoms in total. The number of nitrogens with zero attached hydrogens (tertiary/aromatic N) is 2. The fraction of sp³-hybridized carbons (Fsp3) is 0.333. The second-order valence-corrected chi connectivity index (χ2v) is 3.62. The molecule has 0 unspecified atom stereocenters. The molecule has 0 saturated heterocycles. The molecular weight excluding hydrogens is 242 g/mol. The Morgan fingerprint density at radius 2 is 2.00 bits per heavy atom. The molecule has 0 saturated carbocycles. The summed E-state index contributed by atoms with van der Waals surface area (Å²) in [6.07, 6.45) is 0.219. The van der Waals surface area contributed by atoms with Crippen LogP contribution >= 0.6 is 0 Å². The van der Waals surface area contributed by atoms with E-state index in [0.29, 0.717) is 6.07 Å². The molecule has 1 rings (SSSR count). The van der Waals surface area contributed by atoms with Crippen molar-refractivity contribution < 1.29 is 18.3 Å². The van der Waals surface area contributed by atoms with Crippen molar-refractivity contribution in [3.63, 3.8) is 0 Å². The number of carbonyl (C=O) groups is 1. The van der Waals surface area contributed by atoms with Crippen LogP contribution in [0.2, 0.25) is 0 Å². The molecule has 0 fully saturated rings. The zero-order valence-corrected chi connectivity index (χ0v) is 9.82. The van der Waals surface area contributed by atoms with Crippen molar-refractivity contribution in [1.82, 2.24) is 4.90 Å². The van der Waals surface area contributed by atoms with Crippen molar-refractivity contribution in [2.24, 2.45) is 0 Å². The first kappa shape index (κ1) is 13.9. The van der Waals surface area contributed by atoms with Gasteiger partial charge in [-0.1, -0.05) is 0 Å². The largest absolute Gasteiger partial charge is 0.484 e. The molecule has 0 atom stereocenters. The molecule has 0 bridgehead atoms. The van der Waals surface area contributed by atoms with Gasteiger partial charge in [0.15, 0.2) is 6.61 Å². The minimum absolute atomic E-state index is 0.0467. The van der Waals surface area contributed by atoms with Crippen molar-refractivity contribution >= 4 is 5.91 Å². The molecular formula is C12H12F2N2O2. The summed E-state index contributed by atoms with van der Waals surface area (Å²) in [7, 11) is 1.52. The number of hydrogen-bond acceptors (Lipinski definition) is 3. The van der Waals surface area contributed by atoms with Crippen molar-refractivity contribution in [3.05, 3.63) is 29.8 Å². The van der Waals surface area contributed by atoms with Gasteiger partial charge in [-0.3, -0.25) is 4.79 Å². The first-order valence-corrected chi connectivity index (χ1v) is 5.22. The molecule has 6 heteroatoms. The van der Waals surface area contributed by atoms with Gasteiger partial charge in [-0.15, -0.1) is 0 Å². The van der Waals surface area contributed by atoms with E-state index in [4.69, 9.17) is 10.00 Å². The van der Waals surface area contributed by atoms with Gasteiger partial charge in [0.05, 0.1) is 12.5 Å². The molecule has 0 aliphatic carbocycles. The molecule has 0 N–H and O–H groups in total. The van der Waals surface area contributed by atoms with Crippen LogP contribution in [0.3, 0.4) is 0 Å². The maximum Gasteiger partial charge on any atom is 0.260 e. The van der Waals surface area contributed by atoms with E-state index in [1.54, 1.807) is 0 Å². The fourth-order valence-corrected chi connectivity index (χ4v) is 1.21. The second kappa shape index (κ2) is 6.55. The number of carbonyl (C=O) groups excluding carboxylic acids is 1. The van der Waals surface area contributed by atoms with E-state index in [0.717, 1.165) is 12.1 Å². The number of ether oxygens (including phenoxy) is 1. The summed E-state index contributed by atoms with van der Waals surface area (Å²) in [6.45, 7) is -0.0406. The lowest BCUT2D eigenvalue weighted by Crippen LogP contribution is -2.32. The van der Waals surface area contributed by atoms with Crippen molar-refractivity contribution in [1.29, 1.82) is 5.26 Å². The van der Waals surface area contributed by atoms with Crippen molar-refractivity contribution in [2.45, 2.75) is 6.42 Å². The van der Waals surface area contributed by atoms with E-state index in [-0.39, 0.29) is 31.2 Å². The first-order chi connectivity index (χ1) is 8.52. The maximum atomic E-state index is 12.8. The smallest absolute Gasteiger partial charge is 0.260 e. The topological polar surface area (TPSA) is 53.3 Å². The average Bonchev–Trinajstić information content (AvgIpc) is 2.31. The van der Waals surface area contributed by atoms with Gasteiger partial charge in [0.2, 0.25) is 0 Å². The van der Waals surface area contributed by atoms with Crippen LogP contribution in [0, 0.1) is 23.0 Å².